The maximum Gasteiger partial charge on any atom is 0.161 e. The van der Waals surface area contributed by atoms with Gasteiger partial charge in [0.1, 0.15) is 5.82 Å². The second kappa shape index (κ2) is 4.69. The van der Waals surface area contributed by atoms with E-state index < -0.39 is 0 Å². The number of anilines is 1. The number of para-hydroxylation sites is 1. The molecule has 17 heavy (non-hydrogen) atoms. The van der Waals surface area contributed by atoms with E-state index in [4.69, 9.17) is 0 Å². The Morgan fingerprint density at radius 1 is 1.41 bits per heavy atom. The smallest absolute Gasteiger partial charge is 0.161 e. The van der Waals surface area contributed by atoms with Crippen LogP contribution in [0.15, 0.2) is 23.2 Å². The number of aryl methyl sites for hydroxylation is 1. The van der Waals surface area contributed by atoms with Gasteiger partial charge in [0.15, 0.2) is 5.17 Å². The summed E-state index contributed by atoms with van der Waals surface area (Å²) in [6, 6.07) is 5.08. The molecular formula is C13H17FN2S. The summed E-state index contributed by atoms with van der Waals surface area (Å²) in [6.07, 6.45) is 1.05. The Morgan fingerprint density at radius 3 is 2.82 bits per heavy atom. The Balaban J connectivity index is 2.24. The Labute approximate surface area is 106 Å². The van der Waals surface area contributed by atoms with Crippen molar-refractivity contribution in [3.8, 4) is 0 Å². The highest BCUT2D eigenvalue weighted by molar-refractivity contribution is 8.14. The molecule has 1 aromatic carbocycles. The summed E-state index contributed by atoms with van der Waals surface area (Å²) in [6.45, 7) is 6.09. The predicted octanol–water partition coefficient (Wildman–Crippen LogP) is 3.82. The molecule has 0 aliphatic carbocycles. The van der Waals surface area contributed by atoms with Gasteiger partial charge < -0.3 is 5.32 Å². The predicted molar refractivity (Wildman–Crippen MR) is 73.3 cm³/mol. The Hall–Kier alpha value is -1.03. The van der Waals surface area contributed by atoms with Crippen LogP contribution in [-0.4, -0.2) is 16.5 Å². The fraction of sp³-hybridized carbons (Fsp3) is 0.462. The average molecular weight is 252 g/mol. The summed E-state index contributed by atoms with van der Waals surface area (Å²) >= 11 is 1.65. The quantitative estimate of drug-likeness (QED) is 0.821. The normalized spacial score (nSPS) is 18.7. The highest BCUT2D eigenvalue weighted by Gasteiger charge is 2.23. The summed E-state index contributed by atoms with van der Waals surface area (Å²) in [5.41, 5.74) is 1.39. The largest absolute Gasteiger partial charge is 0.332 e. The average Bonchev–Trinajstić information content (AvgIpc) is 2.22. The number of rotatable bonds is 1. The van der Waals surface area contributed by atoms with Gasteiger partial charge in [-0.1, -0.05) is 23.9 Å². The molecule has 0 bridgehead atoms. The molecule has 0 amide bonds. The van der Waals surface area contributed by atoms with Crippen LogP contribution in [-0.2, 0) is 0 Å². The SMILES string of the molecule is Cc1cccc(F)c1NC1=NC(C)(C)CCS1. The lowest BCUT2D eigenvalue weighted by atomic mass is 10.0. The van der Waals surface area contributed by atoms with Crippen molar-refractivity contribution in [3.63, 3.8) is 0 Å². The minimum absolute atomic E-state index is 0.0489. The number of amidine groups is 1. The van der Waals surface area contributed by atoms with Crippen molar-refractivity contribution in [1.82, 2.24) is 0 Å². The highest BCUT2D eigenvalue weighted by Crippen LogP contribution is 2.28. The molecule has 0 aromatic heterocycles. The first-order chi connectivity index (χ1) is 7.98. The van der Waals surface area contributed by atoms with Gasteiger partial charge in [0.2, 0.25) is 0 Å². The molecule has 1 aromatic rings. The fourth-order valence-corrected chi connectivity index (χ4v) is 3.00. The van der Waals surface area contributed by atoms with Gasteiger partial charge >= 0.3 is 0 Å². The molecule has 0 spiro atoms. The lowest BCUT2D eigenvalue weighted by Crippen LogP contribution is -2.27. The molecule has 4 heteroatoms. The number of nitrogens with one attached hydrogen (secondary N) is 1. The molecule has 2 rings (SSSR count). The van der Waals surface area contributed by atoms with Crippen LogP contribution in [0.4, 0.5) is 10.1 Å². The summed E-state index contributed by atoms with van der Waals surface area (Å²) in [5, 5.41) is 3.93. The Bertz CT molecular complexity index is 434. The zero-order valence-corrected chi connectivity index (χ0v) is 11.2. The summed E-state index contributed by atoms with van der Waals surface area (Å²) in [4.78, 5) is 4.59. The standard InChI is InChI=1S/C13H17FN2S/c1-9-5-4-6-10(14)11(9)15-12-16-13(2,3)7-8-17-12/h4-6H,7-8H2,1-3H3,(H,15,16). The molecule has 2 nitrogen and oxygen atoms in total. The lowest BCUT2D eigenvalue weighted by molar-refractivity contribution is 0.507. The van der Waals surface area contributed by atoms with Gasteiger partial charge in [-0.3, -0.25) is 4.99 Å². The maximum absolute atomic E-state index is 13.7. The number of hydrogen-bond acceptors (Lipinski definition) is 3. The van der Waals surface area contributed by atoms with Gasteiger partial charge in [0.25, 0.3) is 0 Å². The van der Waals surface area contributed by atoms with E-state index >= 15 is 0 Å². The molecule has 92 valence electrons. The first-order valence-electron chi connectivity index (χ1n) is 5.73. The van der Waals surface area contributed by atoms with Crippen LogP contribution in [0.3, 0.4) is 0 Å². The molecular weight excluding hydrogens is 235 g/mol. The number of hydrogen-bond donors (Lipinski definition) is 1. The fourth-order valence-electron chi connectivity index (χ4n) is 1.72. The van der Waals surface area contributed by atoms with Crippen molar-refractivity contribution >= 4 is 22.6 Å². The maximum atomic E-state index is 13.7. The van der Waals surface area contributed by atoms with Gasteiger partial charge in [-0.15, -0.1) is 0 Å². The molecule has 0 saturated heterocycles. The van der Waals surface area contributed by atoms with Gasteiger partial charge in [-0.2, -0.15) is 0 Å². The second-order valence-electron chi connectivity index (χ2n) is 4.88. The summed E-state index contributed by atoms with van der Waals surface area (Å²) in [7, 11) is 0. The van der Waals surface area contributed by atoms with E-state index in [1.807, 2.05) is 13.0 Å². The van der Waals surface area contributed by atoms with Crippen LogP contribution in [0.25, 0.3) is 0 Å². The third-order valence-electron chi connectivity index (χ3n) is 2.81. The van der Waals surface area contributed by atoms with Crippen LogP contribution >= 0.6 is 11.8 Å². The van der Waals surface area contributed by atoms with Crippen LogP contribution < -0.4 is 5.32 Å². The van der Waals surface area contributed by atoms with Crippen LogP contribution in [0, 0.1) is 12.7 Å². The summed E-state index contributed by atoms with van der Waals surface area (Å²) in [5.74, 6) is 0.795. The minimum atomic E-state index is -0.225. The van der Waals surface area contributed by atoms with E-state index in [0.29, 0.717) is 5.69 Å². The van der Waals surface area contributed by atoms with E-state index in [-0.39, 0.29) is 11.4 Å². The highest BCUT2D eigenvalue weighted by atomic mass is 32.2. The van der Waals surface area contributed by atoms with E-state index in [9.17, 15) is 4.39 Å². The van der Waals surface area contributed by atoms with Crippen LogP contribution in [0.5, 0.6) is 0 Å². The number of nitrogens with zero attached hydrogens (tertiary/aromatic N) is 1. The number of aliphatic imine (C=N–C) groups is 1. The third-order valence-corrected chi connectivity index (χ3v) is 3.69. The van der Waals surface area contributed by atoms with Crippen molar-refractivity contribution in [3.05, 3.63) is 29.6 Å². The molecule has 1 N–H and O–H groups in total. The molecule has 1 aliphatic rings. The monoisotopic (exact) mass is 252 g/mol. The van der Waals surface area contributed by atoms with Crippen molar-refractivity contribution in [2.45, 2.75) is 32.7 Å². The molecule has 0 saturated carbocycles. The van der Waals surface area contributed by atoms with E-state index in [1.54, 1.807) is 17.8 Å². The lowest BCUT2D eigenvalue weighted by Gasteiger charge is -2.26. The number of benzene rings is 1. The minimum Gasteiger partial charge on any atom is -0.332 e. The van der Waals surface area contributed by atoms with E-state index in [0.717, 1.165) is 22.9 Å². The van der Waals surface area contributed by atoms with Crippen LogP contribution in [0.1, 0.15) is 25.8 Å². The zero-order chi connectivity index (χ0) is 12.5. The molecule has 1 heterocycles. The van der Waals surface area contributed by atoms with Gasteiger partial charge in [0, 0.05) is 5.75 Å². The van der Waals surface area contributed by atoms with Crippen LogP contribution in [0.2, 0.25) is 0 Å². The first-order valence-corrected chi connectivity index (χ1v) is 6.71. The second-order valence-corrected chi connectivity index (χ2v) is 5.97. The van der Waals surface area contributed by atoms with Crippen molar-refractivity contribution < 1.29 is 4.39 Å². The molecule has 0 atom stereocenters. The molecule has 0 radical (unpaired) electrons. The number of thioether (sulfide) groups is 1. The van der Waals surface area contributed by atoms with Crippen molar-refractivity contribution in [2.24, 2.45) is 4.99 Å². The van der Waals surface area contributed by atoms with Gasteiger partial charge in [-0.05, 0) is 38.8 Å². The number of halogens is 1. The topological polar surface area (TPSA) is 24.4 Å². The van der Waals surface area contributed by atoms with Crippen molar-refractivity contribution in [1.29, 1.82) is 0 Å². The third kappa shape index (κ3) is 3.00. The van der Waals surface area contributed by atoms with E-state index in [1.165, 1.54) is 6.07 Å². The first kappa shape index (κ1) is 12.4. The van der Waals surface area contributed by atoms with Gasteiger partial charge in [-0.25, -0.2) is 4.39 Å². The van der Waals surface area contributed by atoms with E-state index in [2.05, 4.69) is 24.2 Å². The van der Waals surface area contributed by atoms with Crippen molar-refractivity contribution in [2.75, 3.05) is 11.1 Å². The molecule has 1 aliphatic heterocycles. The molecule has 0 fully saturated rings. The summed E-state index contributed by atoms with van der Waals surface area (Å²) < 4.78 is 13.7. The van der Waals surface area contributed by atoms with Gasteiger partial charge in [0.05, 0.1) is 11.2 Å². The Kier molecular flexibility index (Phi) is 3.43. The zero-order valence-electron chi connectivity index (χ0n) is 10.4. The molecule has 0 unspecified atom stereocenters. The Morgan fingerprint density at radius 2 is 2.18 bits per heavy atom.